The van der Waals surface area contributed by atoms with Gasteiger partial charge in [0.1, 0.15) is 19.3 Å². The molecule has 2 aliphatic rings. The van der Waals surface area contributed by atoms with E-state index in [2.05, 4.69) is 18.7 Å². The van der Waals surface area contributed by atoms with Gasteiger partial charge in [0.15, 0.2) is 6.04 Å². The molecule has 7 heteroatoms. The largest absolute Gasteiger partial charge is 0.462 e. The summed E-state index contributed by atoms with van der Waals surface area (Å²) < 4.78 is 15.8. The molecule has 2 unspecified atom stereocenters. The zero-order valence-corrected chi connectivity index (χ0v) is 16.9. The molecule has 0 bridgehead atoms. The van der Waals surface area contributed by atoms with Crippen LogP contribution < -0.4 is 0 Å². The SMILES string of the molecule is C=CCOC(=O)C1C(OC=O)CCN1C(=O)OCC1c2ccccc2-c2ccccc21. The number of rotatable bonds is 7. The van der Waals surface area contributed by atoms with Crippen LogP contribution in [0.15, 0.2) is 61.2 Å². The van der Waals surface area contributed by atoms with E-state index in [1.165, 1.54) is 11.0 Å². The van der Waals surface area contributed by atoms with Gasteiger partial charge in [-0.05, 0) is 22.3 Å². The lowest BCUT2D eigenvalue weighted by atomic mass is 9.98. The quantitative estimate of drug-likeness (QED) is 0.295. The first-order valence-electron chi connectivity index (χ1n) is 10.1. The van der Waals surface area contributed by atoms with Crippen molar-refractivity contribution in [2.24, 2.45) is 0 Å². The summed E-state index contributed by atoms with van der Waals surface area (Å²) in [4.78, 5) is 37.5. The zero-order chi connectivity index (χ0) is 21.8. The van der Waals surface area contributed by atoms with Crippen LogP contribution in [0.1, 0.15) is 23.5 Å². The van der Waals surface area contributed by atoms with E-state index in [-0.39, 0.29) is 32.1 Å². The molecule has 0 aromatic heterocycles. The summed E-state index contributed by atoms with van der Waals surface area (Å²) in [6.45, 7) is 4.15. The maximum atomic E-state index is 12.9. The summed E-state index contributed by atoms with van der Waals surface area (Å²) in [6, 6.07) is 15.1. The van der Waals surface area contributed by atoms with E-state index in [0.717, 1.165) is 22.3 Å². The highest BCUT2D eigenvalue weighted by molar-refractivity contribution is 5.83. The molecule has 4 rings (SSSR count). The molecule has 0 saturated carbocycles. The van der Waals surface area contributed by atoms with Gasteiger partial charge in [-0.25, -0.2) is 9.59 Å². The molecule has 1 fully saturated rings. The maximum absolute atomic E-state index is 12.9. The minimum atomic E-state index is -1.04. The van der Waals surface area contributed by atoms with E-state index in [1.807, 2.05) is 36.4 Å². The third kappa shape index (κ3) is 3.91. The molecular weight excluding hydrogens is 398 g/mol. The highest BCUT2D eigenvalue weighted by Crippen LogP contribution is 2.44. The van der Waals surface area contributed by atoms with E-state index in [4.69, 9.17) is 14.2 Å². The molecule has 2 aromatic carbocycles. The van der Waals surface area contributed by atoms with E-state index >= 15 is 0 Å². The smallest absolute Gasteiger partial charge is 0.410 e. The van der Waals surface area contributed by atoms with Crippen LogP contribution in [-0.4, -0.2) is 55.3 Å². The zero-order valence-electron chi connectivity index (χ0n) is 16.9. The molecule has 0 N–H and O–H groups in total. The molecule has 7 nitrogen and oxygen atoms in total. The number of esters is 1. The van der Waals surface area contributed by atoms with Crippen LogP contribution in [0, 0.1) is 0 Å². The number of ether oxygens (including phenoxy) is 3. The molecule has 1 saturated heterocycles. The van der Waals surface area contributed by atoms with Crippen molar-refractivity contribution in [3.63, 3.8) is 0 Å². The van der Waals surface area contributed by atoms with E-state index in [1.54, 1.807) is 0 Å². The Balaban J connectivity index is 1.50. The van der Waals surface area contributed by atoms with Crippen LogP contribution >= 0.6 is 0 Å². The Kier molecular flexibility index (Phi) is 6.02. The van der Waals surface area contributed by atoms with Crippen LogP contribution in [-0.2, 0) is 23.8 Å². The van der Waals surface area contributed by atoms with Gasteiger partial charge in [0.05, 0.1) is 0 Å². The Hall–Kier alpha value is -3.61. The van der Waals surface area contributed by atoms with Crippen LogP contribution in [0.25, 0.3) is 11.1 Å². The Morgan fingerprint density at radius 2 is 1.68 bits per heavy atom. The van der Waals surface area contributed by atoms with Crippen molar-refractivity contribution >= 4 is 18.5 Å². The molecule has 1 aliphatic heterocycles. The fourth-order valence-corrected chi connectivity index (χ4v) is 4.37. The first-order chi connectivity index (χ1) is 15.2. The van der Waals surface area contributed by atoms with Gasteiger partial charge in [0, 0.05) is 18.9 Å². The Morgan fingerprint density at radius 3 is 2.29 bits per heavy atom. The molecule has 2 aromatic rings. The summed E-state index contributed by atoms with van der Waals surface area (Å²) in [5.74, 6) is -0.745. The van der Waals surface area contributed by atoms with Gasteiger partial charge < -0.3 is 14.2 Å². The fourth-order valence-electron chi connectivity index (χ4n) is 4.37. The van der Waals surface area contributed by atoms with Gasteiger partial charge in [0.25, 0.3) is 6.47 Å². The van der Waals surface area contributed by atoms with Gasteiger partial charge in [-0.2, -0.15) is 0 Å². The second kappa shape index (κ2) is 9.04. The normalized spacial score (nSPS) is 19.3. The van der Waals surface area contributed by atoms with Gasteiger partial charge in [-0.15, -0.1) is 0 Å². The number of likely N-dealkylation sites (tertiary alicyclic amines) is 1. The van der Waals surface area contributed by atoms with Crippen molar-refractivity contribution in [1.29, 1.82) is 0 Å². The van der Waals surface area contributed by atoms with Crippen molar-refractivity contribution in [3.05, 3.63) is 72.3 Å². The number of nitrogens with zero attached hydrogens (tertiary/aromatic N) is 1. The van der Waals surface area contributed by atoms with Gasteiger partial charge in [-0.3, -0.25) is 9.69 Å². The molecule has 1 aliphatic carbocycles. The average Bonchev–Trinajstić information content (AvgIpc) is 3.36. The fraction of sp³-hybridized carbons (Fsp3) is 0.292. The Bertz CT molecular complexity index is 958. The van der Waals surface area contributed by atoms with Crippen molar-refractivity contribution in [2.75, 3.05) is 19.8 Å². The van der Waals surface area contributed by atoms with Gasteiger partial charge in [-0.1, -0.05) is 61.2 Å². The van der Waals surface area contributed by atoms with E-state index in [9.17, 15) is 14.4 Å². The lowest BCUT2D eigenvalue weighted by molar-refractivity contribution is -0.153. The molecule has 2 atom stereocenters. The molecular formula is C24H23NO6. The van der Waals surface area contributed by atoms with Crippen LogP contribution in [0.2, 0.25) is 0 Å². The van der Waals surface area contributed by atoms with Gasteiger partial charge >= 0.3 is 12.1 Å². The monoisotopic (exact) mass is 421 g/mol. The van der Waals surface area contributed by atoms with Crippen LogP contribution in [0.5, 0.6) is 0 Å². The third-order valence-corrected chi connectivity index (χ3v) is 5.73. The van der Waals surface area contributed by atoms with Gasteiger partial charge in [0.2, 0.25) is 0 Å². The predicted molar refractivity (Wildman–Crippen MR) is 112 cm³/mol. The van der Waals surface area contributed by atoms with E-state index < -0.39 is 24.2 Å². The molecule has 1 amide bonds. The number of hydrogen-bond donors (Lipinski definition) is 0. The minimum Gasteiger partial charge on any atom is -0.462 e. The molecule has 0 radical (unpaired) electrons. The highest BCUT2D eigenvalue weighted by atomic mass is 16.6. The number of carbonyl (C=O) groups is 3. The van der Waals surface area contributed by atoms with Crippen LogP contribution in [0.4, 0.5) is 4.79 Å². The summed E-state index contributed by atoms with van der Waals surface area (Å²) in [7, 11) is 0. The van der Waals surface area contributed by atoms with Crippen LogP contribution in [0.3, 0.4) is 0 Å². The predicted octanol–water partition coefficient (Wildman–Crippen LogP) is 3.28. The highest BCUT2D eigenvalue weighted by Gasteiger charge is 2.45. The van der Waals surface area contributed by atoms with Crippen molar-refractivity contribution in [1.82, 2.24) is 4.90 Å². The number of carbonyl (C=O) groups excluding carboxylic acids is 3. The summed E-state index contributed by atoms with van der Waals surface area (Å²) >= 11 is 0. The lowest BCUT2D eigenvalue weighted by Crippen LogP contribution is -2.47. The Morgan fingerprint density at radius 1 is 1.03 bits per heavy atom. The topological polar surface area (TPSA) is 82.1 Å². The second-order valence-corrected chi connectivity index (χ2v) is 7.42. The average molecular weight is 421 g/mol. The number of amides is 1. The third-order valence-electron chi connectivity index (χ3n) is 5.73. The molecule has 0 spiro atoms. The Labute approximate surface area is 180 Å². The standard InChI is InChI=1S/C24H23NO6/c1-2-13-29-23(27)22-21(31-15-26)11-12-25(22)24(28)30-14-20-18-9-5-3-7-16(18)17-8-4-6-10-19(17)20/h2-10,15,20-22H,1,11-14H2. The summed E-state index contributed by atoms with van der Waals surface area (Å²) in [6.07, 6.45) is 0.353. The maximum Gasteiger partial charge on any atom is 0.410 e. The first-order valence-corrected chi connectivity index (χ1v) is 10.1. The lowest BCUT2D eigenvalue weighted by Gasteiger charge is -2.25. The first kappa shape index (κ1) is 20.7. The summed E-state index contributed by atoms with van der Waals surface area (Å²) in [5.41, 5.74) is 4.46. The van der Waals surface area contributed by atoms with Crippen molar-refractivity contribution in [3.8, 4) is 11.1 Å². The molecule has 31 heavy (non-hydrogen) atoms. The van der Waals surface area contributed by atoms with Crippen molar-refractivity contribution < 1.29 is 28.6 Å². The van der Waals surface area contributed by atoms with Crippen molar-refractivity contribution in [2.45, 2.75) is 24.5 Å². The number of fused-ring (bicyclic) bond motifs is 3. The number of hydrogen-bond acceptors (Lipinski definition) is 6. The minimum absolute atomic E-state index is 0.00166. The number of benzene rings is 2. The molecule has 1 heterocycles. The second-order valence-electron chi connectivity index (χ2n) is 7.42. The van der Waals surface area contributed by atoms with E-state index in [0.29, 0.717) is 6.42 Å². The molecule has 160 valence electrons. The summed E-state index contributed by atoms with van der Waals surface area (Å²) in [5, 5.41) is 0.